The summed E-state index contributed by atoms with van der Waals surface area (Å²) in [6, 6.07) is 11.5. The second-order valence-corrected chi connectivity index (χ2v) is 12.0. The highest BCUT2D eigenvalue weighted by atomic mass is 32.2. The molecule has 2 aromatic carbocycles. The summed E-state index contributed by atoms with van der Waals surface area (Å²) in [5.74, 6) is -0.378. The maximum atomic E-state index is 15.2. The van der Waals surface area contributed by atoms with Crippen molar-refractivity contribution in [3.05, 3.63) is 77.9 Å². The van der Waals surface area contributed by atoms with Gasteiger partial charge in [-0.25, -0.2) is 17.2 Å². The molecule has 0 spiro atoms. The molecule has 5 atom stereocenters. The van der Waals surface area contributed by atoms with E-state index in [-0.39, 0.29) is 23.8 Å². The van der Waals surface area contributed by atoms with Crippen LogP contribution in [0.1, 0.15) is 42.2 Å². The summed E-state index contributed by atoms with van der Waals surface area (Å²) < 4.78 is 60.6. The molecule has 3 fully saturated rings. The number of anilines is 1. The Bertz CT molecular complexity index is 1320. The number of nitrogens with zero attached hydrogens (tertiary/aromatic N) is 5. The van der Waals surface area contributed by atoms with Crippen molar-refractivity contribution in [1.29, 1.82) is 0 Å². The summed E-state index contributed by atoms with van der Waals surface area (Å²) in [7, 11) is -3.73. The lowest BCUT2D eigenvalue weighted by atomic mass is 10.0. The molecule has 3 aromatic rings. The first-order chi connectivity index (χ1) is 16.8. The van der Waals surface area contributed by atoms with E-state index in [2.05, 4.69) is 10.2 Å². The zero-order valence-corrected chi connectivity index (χ0v) is 20.2. The normalized spacial score (nSPS) is 29.8. The molecule has 2 saturated heterocycles. The molecule has 1 aromatic heterocycles. The number of aromatic nitrogens is 3. The first-order valence-corrected chi connectivity index (χ1v) is 13.5. The second-order valence-electron chi connectivity index (χ2n) is 9.94. The van der Waals surface area contributed by atoms with Gasteiger partial charge in [0.15, 0.2) is 0 Å². The Balaban J connectivity index is 1.20. The molecule has 184 valence electrons. The van der Waals surface area contributed by atoms with E-state index in [9.17, 15) is 8.42 Å². The van der Waals surface area contributed by atoms with Crippen LogP contribution < -0.4 is 4.90 Å². The van der Waals surface area contributed by atoms with Crippen molar-refractivity contribution < 1.29 is 17.2 Å². The summed E-state index contributed by atoms with van der Waals surface area (Å²) in [5.41, 5.74) is 1.02. The van der Waals surface area contributed by atoms with Crippen LogP contribution in [0.15, 0.2) is 55.1 Å². The van der Waals surface area contributed by atoms with Crippen LogP contribution in [-0.4, -0.2) is 46.6 Å². The van der Waals surface area contributed by atoms with Crippen molar-refractivity contribution in [3.8, 4) is 0 Å². The zero-order valence-electron chi connectivity index (χ0n) is 19.3. The van der Waals surface area contributed by atoms with Crippen LogP contribution in [0.3, 0.4) is 0 Å². The number of piperidine rings is 1. The maximum absolute atomic E-state index is 15.2. The van der Waals surface area contributed by atoms with Crippen molar-refractivity contribution >= 4 is 15.7 Å². The molecule has 6 rings (SSSR count). The third-order valence-corrected chi connectivity index (χ3v) is 10.3. The number of hydrogen-bond donors (Lipinski definition) is 0. The van der Waals surface area contributed by atoms with E-state index < -0.39 is 26.9 Å². The van der Waals surface area contributed by atoms with Gasteiger partial charge in [0.1, 0.15) is 29.5 Å². The Kier molecular flexibility index (Phi) is 5.41. The lowest BCUT2D eigenvalue weighted by molar-refractivity contribution is 0.279. The van der Waals surface area contributed by atoms with Gasteiger partial charge in [-0.3, -0.25) is 0 Å². The number of sulfonamides is 1. The summed E-state index contributed by atoms with van der Waals surface area (Å²) in [5, 5.41) is 7.02. The minimum Gasteiger partial charge on any atom is -0.368 e. The fourth-order valence-electron chi connectivity index (χ4n) is 5.96. The number of benzene rings is 2. The van der Waals surface area contributed by atoms with Crippen molar-refractivity contribution in [2.45, 2.75) is 43.6 Å². The maximum Gasteiger partial charge on any atom is 0.221 e. The van der Waals surface area contributed by atoms with Crippen LogP contribution in [-0.2, 0) is 16.6 Å². The van der Waals surface area contributed by atoms with Gasteiger partial charge in [0.25, 0.3) is 0 Å². The van der Waals surface area contributed by atoms with Gasteiger partial charge in [-0.2, -0.15) is 4.31 Å². The van der Waals surface area contributed by atoms with Gasteiger partial charge < -0.3 is 9.47 Å². The predicted octanol–water partition coefficient (Wildman–Crippen LogP) is 3.92. The molecule has 1 saturated carbocycles. The monoisotopic (exact) mass is 499 g/mol. The molecule has 0 amide bonds. The summed E-state index contributed by atoms with van der Waals surface area (Å²) in [4.78, 5) is 1.88. The molecular weight excluding hydrogens is 472 g/mol. The third kappa shape index (κ3) is 3.83. The van der Waals surface area contributed by atoms with Gasteiger partial charge in [0, 0.05) is 55.2 Å². The summed E-state index contributed by atoms with van der Waals surface area (Å²) >= 11 is 0. The average molecular weight is 500 g/mol. The predicted molar refractivity (Wildman–Crippen MR) is 127 cm³/mol. The minimum absolute atomic E-state index is 0.0575. The summed E-state index contributed by atoms with van der Waals surface area (Å²) in [6.45, 7) is 2.92. The Labute approximate surface area is 203 Å². The molecule has 0 radical (unpaired) electrons. The van der Waals surface area contributed by atoms with E-state index in [0.717, 1.165) is 5.56 Å². The van der Waals surface area contributed by atoms with Gasteiger partial charge in [-0.1, -0.05) is 30.3 Å². The molecule has 7 nitrogen and oxygen atoms in total. The van der Waals surface area contributed by atoms with E-state index >= 15 is 8.78 Å². The Morgan fingerprint density at radius 1 is 0.971 bits per heavy atom. The van der Waals surface area contributed by atoms with Crippen LogP contribution >= 0.6 is 0 Å². The lowest BCUT2D eigenvalue weighted by Crippen LogP contribution is -2.44. The number of halogens is 2. The van der Waals surface area contributed by atoms with Crippen LogP contribution in [0, 0.1) is 23.5 Å². The lowest BCUT2D eigenvalue weighted by Gasteiger charge is -2.37. The molecule has 2 aliphatic heterocycles. The van der Waals surface area contributed by atoms with Gasteiger partial charge in [-0.05, 0) is 31.4 Å². The van der Waals surface area contributed by atoms with E-state index in [1.165, 1.54) is 16.4 Å². The van der Waals surface area contributed by atoms with Crippen molar-refractivity contribution in [2.24, 2.45) is 11.8 Å². The van der Waals surface area contributed by atoms with Gasteiger partial charge in [-0.15, -0.1) is 10.2 Å². The van der Waals surface area contributed by atoms with Gasteiger partial charge >= 0.3 is 0 Å². The molecule has 0 bridgehead atoms. The Morgan fingerprint density at radius 2 is 1.66 bits per heavy atom. The largest absolute Gasteiger partial charge is 0.368 e. The third-order valence-electron chi connectivity index (χ3n) is 7.91. The Morgan fingerprint density at radius 3 is 2.34 bits per heavy atom. The molecular formula is C25H27F2N5O2S. The fraction of sp³-hybridized carbons (Fsp3) is 0.440. The highest BCUT2D eigenvalue weighted by molar-refractivity contribution is 7.89. The van der Waals surface area contributed by atoms with Crippen LogP contribution in [0.2, 0.25) is 0 Å². The quantitative estimate of drug-likeness (QED) is 0.532. The highest BCUT2D eigenvalue weighted by Crippen LogP contribution is 2.56. The molecule has 35 heavy (non-hydrogen) atoms. The molecule has 1 aliphatic carbocycles. The second kappa shape index (κ2) is 8.37. The fourth-order valence-corrected chi connectivity index (χ4v) is 8.15. The average Bonchev–Trinajstić information content (AvgIpc) is 3.21. The highest BCUT2D eigenvalue weighted by Gasteiger charge is 2.57. The smallest absolute Gasteiger partial charge is 0.221 e. The van der Waals surface area contributed by atoms with Crippen molar-refractivity contribution in [2.75, 3.05) is 18.0 Å². The van der Waals surface area contributed by atoms with E-state index in [4.69, 9.17) is 0 Å². The first-order valence-electron chi connectivity index (χ1n) is 12.0. The van der Waals surface area contributed by atoms with Crippen LogP contribution in [0.25, 0.3) is 0 Å². The molecule has 3 aliphatic rings. The standard InChI is InChI=1S/C25H27F2N5O2S/c1-16-7-8-24(17-5-3-2-4-6-17)35(33,34)32(16)11-18-9-22(27)23(10-21(18)26)30-12-19-20(13-30)25(19)31-14-28-29-15-31/h2-6,9-10,14-16,19-20,24-25H,7-8,11-13H2,1H3/t16?,19-,20+,24-,25-/m0/s1. The Hall–Kier alpha value is -2.85. The number of fused-ring (bicyclic) bond motifs is 1. The van der Waals surface area contributed by atoms with Gasteiger partial charge in [0.05, 0.1) is 5.69 Å². The topological polar surface area (TPSA) is 71.3 Å². The van der Waals surface area contributed by atoms with Crippen LogP contribution in [0.5, 0.6) is 0 Å². The SMILES string of the molecule is CC1CC[C@@H](c2ccccc2)S(=O)(=O)N1Cc1cc(F)c(N2C[C@@H]3[C@H](C2)[C@@H]3n2cnnc2)cc1F. The summed E-state index contributed by atoms with van der Waals surface area (Å²) in [6.07, 6.45) is 4.55. The van der Waals surface area contributed by atoms with E-state index in [1.807, 2.05) is 34.6 Å². The molecule has 3 heterocycles. The van der Waals surface area contributed by atoms with E-state index in [1.54, 1.807) is 24.8 Å². The number of rotatable bonds is 5. The van der Waals surface area contributed by atoms with Crippen LogP contribution in [0.4, 0.5) is 14.5 Å². The number of hydrogen-bond acceptors (Lipinski definition) is 5. The first kappa shape index (κ1) is 22.6. The van der Waals surface area contributed by atoms with Crippen molar-refractivity contribution in [1.82, 2.24) is 19.1 Å². The van der Waals surface area contributed by atoms with Gasteiger partial charge in [0.2, 0.25) is 10.0 Å². The molecule has 10 heteroatoms. The molecule has 1 unspecified atom stereocenters. The van der Waals surface area contributed by atoms with Crippen molar-refractivity contribution in [3.63, 3.8) is 0 Å². The molecule has 0 N–H and O–H groups in total. The zero-order chi connectivity index (χ0) is 24.3. The minimum atomic E-state index is -3.73. The van der Waals surface area contributed by atoms with E-state index in [0.29, 0.717) is 43.8 Å².